The quantitative estimate of drug-likeness (QED) is 0.380. The van der Waals surface area contributed by atoms with Gasteiger partial charge in [-0.05, 0) is 12.8 Å². The summed E-state index contributed by atoms with van der Waals surface area (Å²) in [6.45, 7) is 0.508. The van der Waals surface area contributed by atoms with Crippen LogP contribution in [0.2, 0.25) is 0 Å². The van der Waals surface area contributed by atoms with E-state index in [1.54, 1.807) is 0 Å². The molecular weight excluding hydrogens is 280 g/mol. The highest BCUT2D eigenvalue weighted by molar-refractivity contribution is 5.66. The fraction of sp³-hybridized carbons (Fsp3) is 0.583. The minimum atomic E-state index is -0.795. The predicted octanol–water partition coefficient (Wildman–Crippen LogP) is 1.84. The maximum atomic E-state index is 11.0. The molecule has 0 unspecified atom stereocenters. The third-order valence-corrected chi connectivity index (χ3v) is 2.77. The summed E-state index contributed by atoms with van der Waals surface area (Å²) in [7, 11) is 1.31. The van der Waals surface area contributed by atoms with Gasteiger partial charge in [-0.15, -0.1) is 0 Å². The van der Waals surface area contributed by atoms with Crippen LogP contribution < -0.4 is 10.1 Å². The number of nitrogens with one attached hydrogen (secondary N) is 1. The molecule has 0 aliphatic rings. The smallest absolute Gasteiger partial charge is 0.372 e. The van der Waals surface area contributed by atoms with Gasteiger partial charge in [0.05, 0.1) is 12.0 Å². The van der Waals surface area contributed by atoms with Crippen LogP contribution in [0.25, 0.3) is 0 Å². The van der Waals surface area contributed by atoms with Gasteiger partial charge in [-0.25, -0.2) is 4.98 Å². The molecule has 0 fully saturated rings. The third-order valence-electron chi connectivity index (χ3n) is 2.77. The average molecular weight is 298 g/mol. The second-order valence-corrected chi connectivity index (χ2v) is 4.32. The first-order valence-electron chi connectivity index (χ1n) is 6.55. The van der Waals surface area contributed by atoms with E-state index in [2.05, 4.69) is 15.3 Å². The molecule has 1 aromatic heterocycles. The molecule has 0 saturated heterocycles. The van der Waals surface area contributed by atoms with Gasteiger partial charge in [-0.2, -0.15) is 4.98 Å². The summed E-state index contributed by atoms with van der Waals surface area (Å²) in [5.41, 5.74) is -0.286. The van der Waals surface area contributed by atoms with Crippen LogP contribution in [0, 0.1) is 10.1 Å². The molecule has 0 saturated carbocycles. The van der Waals surface area contributed by atoms with Crippen molar-refractivity contribution in [3.05, 3.63) is 16.4 Å². The number of carboxylic acid groups (broad SMARTS) is 1. The zero-order valence-electron chi connectivity index (χ0n) is 11.7. The zero-order valence-corrected chi connectivity index (χ0v) is 11.7. The number of carboxylic acids is 1. The van der Waals surface area contributed by atoms with Crippen molar-refractivity contribution in [2.75, 3.05) is 19.0 Å². The average Bonchev–Trinajstić information content (AvgIpc) is 2.45. The Kier molecular flexibility index (Phi) is 6.85. The van der Waals surface area contributed by atoms with Crippen molar-refractivity contribution in [3.8, 4) is 5.88 Å². The first-order valence-corrected chi connectivity index (χ1v) is 6.55. The van der Waals surface area contributed by atoms with Crippen LogP contribution in [0.3, 0.4) is 0 Å². The van der Waals surface area contributed by atoms with Crippen molar-refractivity contribution in [3.63, 3.8) is 0 Å². The van der Waals surface area contributed by atoms with E-state index in [9.17, 15) is 14.9 Å². The molecule has 1 rings (SSSR count). The highest BCUT2D eigenvalue weighted by Gasteiger charge is 2.23. The van der Waals surface area contributed by atoms with E-state index < -0.39 is 10.9 Å². The minimum Gasteiger partial charge on any atom is -0.481 e. The Morgan fingerprint density at radius 2 is 2.10 bits per heavy atom. The van der Waals surface area contributed by atoms with E-state index in [0.29, 0.717) is 13.0 Å². The number of methoxy groups -OCH3 is 1. The first-order chi connectivity index (χ1) is 10.1. The number of anilines is 1. The van der Waals surface area contributed by atoms with E-state index in [1.165, 1.54) is 13.4 Å². The molecule has 1 aromatic rings. The van der Waals surface area contributed by atoms with Gasteiger partial charge in [-0.3, -0.25) is 14.9 Å². The molecule has 0 bridgehead atoms. The van der Waals surface area contributed by atoms with Gasteiger partial charge in [0.2, 0.25) is 5.82 Å². The molecule has 0 spiro atoms. The maximum absolute atomic E-state index is 11.0. The number of ether oxygens (including phenoxy) is 1. The van der Waals surface area contributed by atoms with E-state index in [0.717, 1.165) is 19.3 Å². The number of hydrogen-bond donors (Lipinski definition) is 2. The lowest BCUT2D eigenvalue weighted by atomic mass is 10.1. The lowest BCUT2D eigenvalue weighted by molar-refractivity contribution is -0.385. The molecule has 0 aliphatic carbocycles. The molecule has 0 aromatic carbocycles. The number of hydrogen-bond acceptors (Lipinski definition) is 7. The molecule has 0 radical (unpaired) electrons. The summed E-state index contributed by atoms with van der Waals surface area (Å²) in [4.78, 5) is 28.3. The molecule has 116 valence electrons. The summed E-state index contributed by atoms with van der Waals surface area (Å²) in [5, 5.41) is 22.4. The van der Waals surface area contributed by atoms with Gasteiger partial charge in [0.25, 0.3) is 5.88 Å². The standard InChI is InChI=1S/C12H18N4O5/c1-21-12-10(16(19)20)11(14-8-15-12)13-7-5-3-2-4-6-9(17)18/h8H,2-7H2,1H3,(H,17,18)(H,13,14,15). The van der Waals surface area contributed by atoms with Crippen molar-refractivity contribution < 1.29 is 19.6 Å². The molecule has 1 heterocycles. The predicted molar refractivity (Wildman–Crippen MR) is 74.4 cm³/mol. The Labute approximate surface area is 121 Å². The Morgan fingerprint density at radius 3 is 2.71 bits per heavy atom. The highest BCUT2D eigenvalue weighted by atomic mass is 16.6. The van der Waals surface area contributed by atoms with Crippen LogP contribution in [0.5, 0.6) is 5.88 Å². The fourth-order valence-corrected chi connectivity index (χ4v) is 1.77. The van der Waals surface area contributed by atoms with Crippen molar-refractivity contribution in [1.82, 2.24) is 9.97 Å². The van der Waals surface area contributed by atoms with Crippen LogP contribution in [-0.4, -0.2) is 39.6 Å². The number of aliphatic carboxylic acids is 1. The van der Waals surface area contributed by atoms with Crippen LogP contribution in [-0.2, 0) is 4.79 Å². The Morgan fingerprint density at radius 1 is 1.38 bits per heavy atom. The van der Waals surface area contributed by atoms with Gasteiger partial charge in [-0.1, -0.05) is 12.8 Å². The Bertz CT molecular complexity index is 495. The largest absolute Gasteiger partial charge is 0.481 e. The molecule has 0 aliphatic heterocycles. The van der Waals surface area contributed by atoms with E-state index in [1.807, 2.05) is 0 Å². The van der Waals surface area contributed by atoms with Crippen LogP contribution in [0.4, 0.5) is 11.5 Å². The summed E-state index contributed by atoms with van der Waals surface area (Å²) in [6, 6.07) is 0. The minimum absolute atomic E-state index is 0.0843. The van der Waals surface area contributed by atoms with Crippen molar-refractivity contribution in [1.29, 1.82) is 0 Å². The fourth-order valence-electron chi connectivity index (χ4n) is 1.77. The SMILES string of the molecule is COc1ncnc(NCCCCCCC(=O)O)c1[N+](=O)[O-]. The van der Waals surface area contributed by atoms with E-state index >= 15 is 0 Å². The zero-order chi connectivity index (χ0) is 15.7. The van der Waals surface area contributed by atoms with Crippen LogP contribution in [0.1, 0.15) is 32.1 Å². The molecule has 0 atom stereocenters. The van der Waals surface area contributed by atoms with E-state index in [4.69, 9.17) is 9.84 Å². The third kappa shape index (κ3) is 5.59. The second-order valence-electron chi connectivity index (χ2n) is 4.32. The van der Waals surface area contributed by atoms with Gasteiger partial charge in [0, 0.05) is 13.0 Å². The number of nitro groups is 1. The normalized spacial score (nSPS) is 10.1. The highest BCUT2D eigenvalue weighted by Crippen LogP contribution is 2.30. The molecule has 9 nitrogen and oxygen atoms in total. The maximum Gasteiger partial charge on any atom is 0.372 e. The van der Waals surface area contributed by atoms with Crippen molar-refractivity contribution >= 4 is 17.5 Å². The monoisotopic (exact) mass is 298 g/mol. The lowest BCUT2D eigenvalue weighted by Gasteiger charge is -2.07. The topological polar surface area (TPSA) is 127 Å². The molecule has 0 amide bonds. The number of aromatic nitrogens is 2. The summed E-state index contributed by atoms with van der Waals surface area (Å²) >= 11 is 0. The van der Waals surface area contributed by atoms with Gasteiger partial charge in [0.1, 0.15) is 6.33 Å². The molecule has 2 N–H and O–H groups in total. The lowest BCUT2D eigenvalue weighted by Crippen LogP contribution is -2.08. The van der Waals surface area contributed by atoms with Gasteiger partial charge in [0.15, 0.2) is 0 Å². The van der Waals surface area contributed by atoms with Crippen LogP contribution in [0.15, 0.2) is 6.33 Å². The van der Waals surface area contributed by atoms with Crippen molar-refractivity contribution in [2.24, 2.45) is 0 Å². The summed E-state index contributed by atoms with van der Waals surface area (Å²) in [5.74, 6) is -0.756. The Hall–Kier alpha value is -2.45. The molecule has 9 heteroatoms. The van der Waals surface area contributed by atoms with Gasteiger partial charge >= 0.3 is 11.7 Å². The number of carbonyl (C=O) groups is 1. The Balaban J connectivity index is 2.42. The number of nitrogens with zero attached hydrogens (tertiary/aromatic N) is 3. The van der Waals surface area contributed by atoms with Crippen LogP contribution >= 0.6 is 0 Å². The number of rotatable bonds is 10. The second kappa shape index (κ2) is 8.67. The van der Waals surface area contributed by atoms with Crippen molar-refractivity contribution in [2.45, 2.75) is 32.1 Å². The summed E-state index contributed by atoms with van der Waals surface area (Å²) < 4.78 is 4.84. The first kappa shape index (κ1) is 16.6. The van der Waals surface area contributed by atoms with E-state index in [-0.39, 0.29) is 23.8 Å². The molecular formula is C12H18N4O5. The molecule has 21 heavy (non-hydrogen) atoms. The van der Waals surface area contributed by atoms with Gasteiger partial charge < -0.3 is 15.2 Å². The number of unbranched alkanes of at least 4 members (excludes halogenated alkanes) is 3. The summed E-state index contributed by atoms with van der Waals surface area (Å²) in [6.07, 6.45) is 4.42.